The fourth-order valence-corrected chi connectivity index (χ4v) is 2.55. The fraction of sp³-hybridized carbons (Fsp3) is 0.143. The van der Waals surface area contributed by atoms with Gasteiger partial charge in [0.05, 0.1) is 5.69 Å². The predicted octanol–water partition coefficient (Wildman–Crippen LogP) is 2.33. The van der Waals surface area contributed by atoms with Crippen molar-refractivity contribution < 1.29 is 5.11 Å². The number of nitrogens with one attached hydrogen (secondary N) is 1. The highest BCUT2D eigenvalue weighted by Gasteiger charge is 2.30. The van der Waals surface area contributed by atoms with Gasteiger partial charge in [0.15, 0.2) is 5.60 Å². The number of aliphatic hydroxyl groups is 1. The van der Waals surface area contributed by atoms with Crippen LogP contribution in [-0.4, -0.2) is 25.0 Å². The van der Waals surface area contributed by atoms with Gasteiger partial charge in [-0.15, -0.1) is 11.3 Å². The molecule has 0 aromatic carbocycles. The monoisotopic (exact) mass is 299 g/mol. The summed E-state index contributed by atoms with van der Waals surface area (Å²) in [4.78, 5) is 16.5. The third-order valence-electron chi connectivity index (χ3n) is 2.93. The van der Waals surface area contributed by atoms with Gasteiger partial charge in [0.2, 0.25) is 0 Å². The van der Waals surface area contributed by atoms with Gasteiger partial charge in [-0.3, -0.25) is 0 Å². The standard InChI is InChI=1S/C14H13N5OS/c1-14(20,13-16-7-8-21-13)10-3-2-4-12(18-10)19-11-5-6-15-9-17-11/h2-9,20H,1H3,(H,15,17,18,19). The molecule has 1 unspecified atom stereocenters. The molecule has 0 saturated heterocycles. The molecule has 3 rings (SSSR count). The maximum Gasteiger partial charge on any atom is 0.155 e. The van der Waals surface area contributed by atoms with Crippen molar-refractivity contribution in [1.82, 2.24) is 19.9 Å². The molecule has 3 aromatic heterocycles. The number of hydrogen-bond acceptors (Lipinski definition) is 7. The van der Waals surface area contributed by atoms with E-state index in [1.807, 2.05) is 17.5 Å². The summed E-state index contributed by atoms with van der Waals surface area (Å²) < 4.78 is 0. The largest absolute Gasteiger partial charge is 0.377 e. The van der Waals surface area contributed by atoms with Gasteiger partial charge in [-0.25, -0.2) is 19.9 Å². The number of nitrogens with zero attached hydrogens (tertiary/aromatic N) is 4. The minimum absolute atomic E-state index is 0.525. The summed E-state index contributed by atoms with van der Waals surface area (Å²) in [5.41, 5.74) is -0.700. The minimum Gasteiger partial charge on any atom is -0.377 e. The van der Waals surface area contributed by atoms with Crippen LogP contribution < -0.4 is 5.32 Å². The van der Waals surface area contributed by atoms with Crippen molar-refractivity contribution in [3.05, 3.63) is 59.1 Å². The number of anilines is 2. The Labute approximate surface area is 125 Å². The second-order valence-corrected chi connectivity index (χ2v) is 5.43. The quantitative estimate of drug-likeness (QED) is 0.769. The van der Waals surface area contributed by atoms with Gasteiger partial charge in [-0.2, -0.15) is 0 Å². The van der Waals surface area contributed by atoms with Gasteiger partial charge in [0.1, 0.15) is 23.0 Å². The molecule has 0 spiro atoms. The lowest BCUT2D eigenvalue weighted by Gasteiger charge is -2.20. The number of thiazole rings is 1. The maximum absolute atomic E-state index is 10.7. The molecule has 6 nitrogen and oxygen atoms in total. The zero-order valence-electron chi connectivity index (χ0n) is 11.3. The van der Waals surface area contributed by atoms with Crippen LogP contribution >= 0.6 is 11.3 Å². The van der Waals surface area contributed by atoms with Crippen LogP contribution in [0.1, 0.15) is 17.6 Å². The van der Waals surface area contributed by atoms with E-state index in [0.717, 1.165) is 0 Å². The first kappa shape index (κ1) is 13.6. The van der Waals surface area contributed by atoms with Gasteiger partial charge in [0.25, 0.3) is 0 Å². The van der Waals surface area contributed by atoms with E-state index in [0.29, 0.717) is 22.3 Å². The average molecular weight is 299 g/mol. The molecule has 3 heterocycles. The Balaban J connectivity index is 1.90. The molecule has 0 aliphatic heterocycles. The second-order valence-electron chi connectivity index (χ2n) is 4.54. The molecule has 0 amide bonds. The van der Waals surface area contributed by atoms with Crippen molar-refractivity contribution in [2.75, 3.05) is 5.32 Å². The third kappa shape index (κ3) is 2.88. The van der Waals surface area contributed by atoms with Gasteiger partial charge >= 0.3 is 0 Å². The summed E-state index contributed by atoms with van der Waals surface area (Å²) in [7, 11) is 0. The molecule has 2 N–H and O–H groups in total. The van der Waals surface area contributed by atoms with Crippen molar-refractivity contribution in [3.8, 4) is 0 Å². The molecule has 7 heteroatoms. The van der Waals surface area contributed by atoms with E-state index < -0.39 is 5.60 Å². The van der Waals surface area contributed by atoms with E-state index in [1.165, 1.54) is 17.7 Å². The Hall–Kier alpha value is -2.38. The van der Waals surface area contributed by atoms with E-state index in [9.17, 15) is 5.11 Å². The molecular formula is C14H13N5OS. The number of pyridine rings is 1. The van der Waals surface area contributed by atoms with Crippen molar-refractivity contribution in [2.45, 2.75) is 12.5 Å². The lowest BCUT2D eigenvalue weighted by atomic mass is 10.0. The Morgan fingerprint density at radius 3 is 2.76 bits per heavy atom. The summed E-state index contributed by atoms with van der Waals surface area (Å²) in [6.07, 6.45) is 4.76. The van der Waals surface area contributed by atoms with Crippen molar-refractivity contribution in [2.24, 2.45) is 0 Å². The molecule has 0 aliphatic carbocycles. The van der Waals surface area contributed by atoms with E-state index in [1.54, 1.807) is 31.5 Å². The molecule has 3 aromatic rings. The molecule has 0 radical (unpaired) electrons. The normalized spacial score (nSPS) is 13.6. The Morgan fingerprint density at radius 2 is 2.05 bits per heavy atom. The molecule has 0 aliphatic rings. The van der Waals surface area contributed by atoms with E-state index in [-0.39, 0.29) is 0 Å². The van der Waals surface area contributed by atoms with E-state index in [2.05, 4.69) is 25.3 Å². The molecular weight excluding hydrogens is 286 g/mol. The summed E-state index contributed by atoms with van der Waals surface area (Å²) in [6, 6.07) is 7.15. The van der Waals surface area contributed by atoms with E-state index in [4.69, 9.17) is 0 Å². The fourth-order valence-electron chi connectivity index (χ4n) is 1.84. The minimum atomic E-state index is -1.22. The maximum atomic E-state index is 10.7. The molecule has 0 bridgehead atoms. The van der Waals surface area contributed by atoms with Crippen LogP contribution in [0, 0.1) is 0 Å². The zero-order valence-corrected chi connectivity index (χ0v) is 12.1. The first-order valence-electron chi connectivity index (χ1n) is 6.29. The van der Waals surface area contributed by atoms with Crippen LogP contribution in [-0.2, 0) is 5.60 Å². The molecule has 1 atom stereocenters. The van der Waals surface area contributed by atoms with Crippen LogP contribution in [0.3, 0.4) is 0 Å². The summed E-state index contributed by atoms with van der Waals surface area (Å²) in [5.74, 6) is 1.24. The lowest BCUT2D eigenvalue weighted by Crippen LogP contribution is -2.24. The highest BCUT2D eigenvalue weighted by Crippen LogP contribution is 2.29. The Bertz CT molecular complexity index is 715. The zero-order chi connectivity index (χ0) is 14.7. The topological polar surface area (TPSA) is 83.8 Å². The first-order chi connectivity index (χ1) is 10.2. The molecule has 106 valence electrons. The van der Waals surface area contributed by atoms with E-state index >= 15 is 0 Å². The van der Waals surface area contributed by atoms with Crippen molar-refractivity contribution in [1.29, 1.82) is 0 Å². The van der Waals surface area contributed by atoms with Gasteiger partial charge in [0, 0.05) is 17.8 Å². The first-order valence-corrected chi connectivity index (χ1v) is 7.17. The molecule has 0 saturated carbocycles. The van der Waals surface area contributed by atoms with Gasteiger partial charge in [-0.05, 0) is 25.1 Å². The van der Waals surface area contributed by atoms with Crippen LogP contribution in [0.25, 0.3) is 0 Å². The third-order valence-corrected chi connectivity index (χ3v) is 3.92. The number of aromatic nitrogens is 4. The lowest BCUT2D eigenvalue weighted by molar-refractivity contribution is 0.0972. The Morgan fingerprint density at radius 1 is 1.14 bits per heavy atom. The summed E-state index contributed by atoms with van der Waals surface area (Å²) in [6.45, 7) is 1.68. The number of rotatable bonds is 4. The Kier molecular flexibility index (Phi) is 3.59. The van der Waals surface area contributed by atoms with Crippen LogP contribution in [0.5, 0.6) is 0 Å². The highest BCUT2D eigenvalue weighted by atomic mass is 32.1. The van der Waals surface area contributed by atoms with Crippen LogP contribution in [0.15, 0.2) is 48.4 Å². The molecule has 0 fully saturated rings. The molecule has 21 heavy (non-hydrogen) atoms. The van der Waals surface area contributed by atoms with Crippen molar-refractivity contribution in [3.63, 3.8) is 0 Å². The summed E-state index contributed by atoms with van der Waals surface area (Å²) >= 11 is 1.39. The average Bonchev–Trinajstić information content (AvgIpc) is 3.04. The SMILES string of the molecule is CC(O)(c1cccc(Nc2ccncn2)n1)c1nccs1. The van der Waals surface area contributed by atoms with Crippen LogP contribution in [0.2, 0.25) is 0 Å². The summed E-state index contributed by atoms with van der Waals surface area (Å²) in [5, 5.41) is 16.2. The van der Waals surface area contributed by atoms with Gasteiger partial charge < -0.3 is 10.4 Å². The van der Waals surface area contributed by atoms with Crippen LogP contribution in [0.4, 0.5) is 11.6 Å². The number of hydrogen-bond donors (Lipinski definition) is 2. The van der Waals surface area contributed by atoms with Crippen molar-refractivity contribution >= 4 is 23.0 Å². The van der Waals surface area contributed by atoms with Gasteiger partial charge in [-0.1, -0.05) is 6.07 Å². The smallest absolute Gasteiger partial charge is 0.155 e. The predicted molar refractivity (Wildman–Crippen MR) is 80.3 cm³/mol. The highest BCUT2D eigenvalue weighted by molar-refractivity contribution is 7.09. The second kappa shape index (κ2) is 5.55.